The van der Waals surface area contributed by atoms with Crippen LogP contribution in [0.1, 0.15) is 19.3 Å². The molecule has 2 aromatic carbocycles. The summed E-state index contributed by atoms with van der Waals surface area (Å²) in [4.78, 5) is 28.3. The van der Waals surface area contributed by atoms with Gasteiger partial charge in [-0.1, -0.05) is 18.2 Å². The van der Waals surface area contributed by atoms with Gasteiger partial charge in [0.05, 0.1) is 29.6 Å². The number of rotatable bonds is 7. The molecule has 2 aromatic heterocycles. The van der Waals surface area contributed by atoms with Crippen LogP contribution in [0.15, 0.2) is 54.9 Å². The van der Waals surface area contributed by atoms with Gasteiger partial charge in [-0.05, 0) is 38.4 Å². The van der Waals surface area contributed by atoms with Crippen molar-refractivity contribution < 1.29 is 9.66 Å². The van der Waals surface area contributed by atoms with Crippen LogP contribution in [0.5, 0.6) is 5.75 Å². The van der Waals surface area contributed by atoms with Gasteiger partial charge < -0.3 is 24.4 Å². The number of nitrogens with one attached hydrogen (secondary N) is 1. The number of para-hydroxylation sites is 1. The number of hydrogen-bond donors (Lipinski definition) is 1. The molecule has 2 saturated heterocycles. The summed E-state index contributed by atoms with van der Waals surface area (Å²) in [7, 11) is 5.73. The molecule has 0 amide bonds. The van der Waals surface area contributed by atoms with Crippen LogP contribution < -0.4 is 15.0 Å². The molecule has 6 rings (SSSR count). The molecule has 0 bridgehead atoms. The predicted molar refractivity (Wildman–Crippen MR) is 161 cm³/mol. The van der Waals surface area contributed by atoms with Crippen molar-refractivity contribution >= 4 is 33.9 Å². The van der Waals surface area contributed by atoms with Gasteiger partial charge in [0.25, 0.3) is 5.69 Å². The first-order valence-corrected chi connectivity index (χ1v) is 14.1. The summed E-state index contributed by atoms with van der Waals surface area (Å²) < 4.78 is 7.83. The van der Waals surface area contributed by atoms with E-state index in [9.17, 15) is 10.1 Å². The topological polar surface area (TPSA) is 105 Å². The number of hydrogen-bond acceptors (Lipinski definition) is 9. The van der Waals surface area contributed by atoms with E-state index in [1.807, 2.05) is 31.4 Å². The summed E-state index contributed by atoms with van der Waals surface area (Å²) in [6, 6.07) is 13.4. The van der Waals surface area contributed by atoms with Gasteiger partial charge in [0.2, 0.25) is 5.95 Å². The van der Waals surface area contributed by atoms with Crippen molar-refractivity contribution in [3.8, 4) is 17.0 Å². The minimum atomic E-state index is -0.303. The summed E-state index contributed by atoms with van der Waals surface area (Å²) in [6.45, 7) is 4.66. The predicted octanol–water partition coefficient (Wildman–Crippen LogP) is 4.86. The quantitative estimate of drug-likeness (QED) is 0.252. The van der Waals surface area contributed by atoms with E-state index < -0.39 is 0 Å². The third kappa shape index (κ3) is 5.30. The smallest absolute Gasteiger partial charge is 0.294 e. The van der Waals surface area contributed by atoms with Gasteiger partial charge in [-0.2, -0.15) is 0 Å². The second-order valence-electron chi connectivity index (χ2n) is 10.9. The Balaban J connectivity index is 1.34. The van der Waals surface area contributed by atoms with E-state index in [1.54, 1.807) is 25.4 Å². The highest BCUT2D eigenvalue weighted by Gasteiger charge is 2.34. The molecule has 0 saturated carbocycles. The molecule has 0 aliphatic carbocycles. The Morgan fingerprint density at radius 3 is 2.63 bits per heavy atom. The van der Waals surface area contributed by atoms with Crippen LogP contribution in [0.3, 0.4) is 0 Å². The standard InChI is InChI=1S/C30H36N8O3/c1-34-14-16-36(17-15-34)29-10-6-7-13-37(29)26-19-28(41-3)24(18-27(26)38(39)40)33-30-31-12-11-23(32-30)22-20-35(2)25-9-5-4-8-21(22)25/h4-5,8-9,11-12,18-20,29H,6-7,10,13-17H2,1-3H3,(H,31,32,33). The number of piperidine rings is 1. The van der Waals surface area contributed by atoms with Crippen LogP contribution in [0.2, 0.25) is 0 Å². The number of methoxy groups -OCH3 is 1. The van der Waals surface area contributed by atoms with Crippen molar-refractivity contribution in [2.75, 3.05) is 57.1 Å². The van der Waals surface area contributed by atoms with Crippen molar-refractivity contribution in [2.45, 2.75) is 25.4 Å². The average molecular weight is 557 g/mol. The summed E-state index contributed by atoms with van der Waals surface area (Å²) in [5.41, 5.74) is 3.93. The molecule has 41 heavy (non-hydrogen) atoms. The Morgan fingerprint density at radius 1 is 1.05 bits per heavy atom. The molecule has 0 spiro atoms. The third-order valence-corrected chi connectivity index (χ3v) is 8.31. The lowest BCUT2D eigenvalue weighted by Crippen LogP contribution is -2.57. The first-order valence-electron chi connectivity index (χ1n) is 14.1. The number of ether oxygens (including phenoxy) is 1. The molecule has 2 aliphatic rings. The maximum atomic E-state index is 12.4. The van der Waals surface area contributed by atoms with Crippen LogP contribution in [0.4, 0.5) is 23.0 Å². The molecule has 214 valence electrons. The number of nitro benzene ring substituents is 1. The molecule has 2 aliphatic heterocycles. The van der Waals surface area contributed by atoms with Gasteiger partial charge >= 0.3 is 0 Å². The molecule has 4 aromatic rings. The van der Waals surface area contributed by atoms with Crippen LogP contribution in [-0.4, -0.2) is 82.3 Å². The van der Waals surface area contributed by atoms with E-state index in [0.29, 0.717) is 23.1 Å². The van der Waals surface area contributed by atoms with Gasteiger partial charge in [0.1, 0.15) is 11.4 Å². The molecule has 1 unspecified atom stereocenters. The second kappa shape index (κ2) is 11.3. The molecule has 11 nitrogen and oxygen atoms in total. The first-order chi connectivity index (χ1) is 19.9. The van der Waals surface area contributed by atoms with Crippen LogP contribution >= 0.6 is 0 Å². The van der Waals surface area contributed by atoms with Crippen molar-refractivity contribution in [3.05, 3.63) is 65.0 Å². The molecular weight excluding hydrogens is 520 g/mol. The van der Waals surface area contributed by atoms with E-state index in [-0.39, 0.29) is 16.8 Å². The van der Waals surface area contributed by atoms with Crippen molar-refractivity contribution in [3.63, 3.8) is 0 Å². The van der Waals surface area contributed by atoms with Crippen molar-refractivity contribution in [2.24, 2.45) is 7.05 Å². The van der Waals surface area contributed by atoms with Crippen LogP contribution in [0, 0.1) is 10.1 Å². The van der Waals surface area contributed by atoms with E-state index >= 15 is 0 Å². The van der Waals surface area contributed by atoms with Crippen molar-refractivity contribution in [1.82, 2.24) is 24.3 Å². The zero-order valence-electron chi connectivity index (χ0n) is 23.8. The number of piperazine rings is 1. The second-order valence-corrected chi connectivity index (χ2v) is 10.9. The number of aromatic nitrogens is 3. The maximum Gasteiger partial charge on any atom is 0.294 e. The minimum absolute atomic E-state index is 0.0412. The van der Waals surface area contributed by atoms with E-state index in [2.05, 4.69) is 48.7 Å². The zero-order chi connectivity index (χ0) is 28.5. The lowest BCUT2D eigenvalue weighted by molar-refractivity contribution is -0.384. The molecule has 4 heterocycles. The zero-order valence-corrected chi connectivity index (χ0v) is 23.8. The number of nitrogens with zero attached hydrogens (tertiary/aromatic N) is 7. The number of nitro groups is 1. The summed E-state index contributed by atoms with van der Waals surface area (Å²) in [6.07, 6.45) is 6.96. The first kappa shape index (κ1) is 27.0. The van der Waals surface area contributed by atoms with Gasteiger partial charge in [-0.15, -0.1) is 0 Å². The molecule has 1 atom stereocenters. The average Bonchev–Trinajstić information content (AvgIpc) is 3.34. The third-order valence-electron chi connectivity index (χ3n) is 8.31. The molecular formula is C30H36N8O3. The Kier molecular flexibility index (Phi) is 7.46. The Hall–Kier alpha value is -4.22. The molecule has 1 N–H and O–H groups in total. The maximum absolute atomic E-state index is 12.4. The minimum Gasteiger partial charge on any atom is -0.494 e. The Morgan fingerprint density at radius 2 is 1.85 bits per heavy atom. The fraction of sp³-hybridized carbons (Fsp3) is 0.400. The lowest BCUT2D eigenvalue weighted by atomic mass is 10.0. The van der Waals surface area contributed by atoms with Crippen LogP contribution in [-0.2, 0) is 7.05 Å². The molecule has 11 heteroatoms. The normalized spacial score (nSPS) is 18.5. The Labute approximate surface area is 239 Å². The van der Waals surface area contributed by atoms with Crippen LogP contribution in [0.25, 0.3) is 22.2 Å². The lowest BCUT2D eigenvalue weighted by Gasteiger charge is -2.46. The largest absolute Gasteiger partial charge is 0.494 e. The summed E-state index contributed by atoms with van der Waals surface area (Å²) in [5, 5.41) is 16.7. The van der Waals surface area contributed by atoms with E-state index in [1.165, 1.54) is 0 Å². The number of aryl methyl sites for hydroxylation is 1. The molecule has 0 radical (unpaired) electrons. The SMILES string of the molecule is COc1cc(N2CCCCC2N2CCN(C)CC2)c([N+](=O)[O-])cc1Nc1nccc(-c2cn(C)c3ccccc23)n1. The molecule has 2 fully saturated rings. The Bertz CT molecular complexity index is 1560. The number of anilines is 3. The summed E-state index contributed by atoms with van der Waals surface area (Å²) >= 11 is 0. The highest BCUT2D eigenvalue weighted by molar-refractivity contribution is 5.95. The number of likely N-dealkylation sites (N-methyl/N-ethyl adjacent to an activating group) is 1. The van der Waals surface area contributed by atoms with E-state index in [0.717, 1.165) is 74.1 Å². The fourth-order valence-electron chi connectivity index (χ4n) is 6.13. The monoisotopic (exact) mass is 556 g/mol. The number of benzene rings is 2. The summed E-state index contributed by atoms with van der Waals surface area (Å²) in [5.74, 6) is 0.844. The van der Waals surface area contributed by atoms with E-state index in [4.69, 9.17) is 9.72 Å². The van der Waals surface area contributed by atoms with Gasteiger partial charge in [0, 0.05) is 80.8 Å². The van der Waals surface area contributed by atoms with Gasteiger partial charge in [0.15, 0.2) is 0 Å². The highest BCUT2D eigenvalue weighted by atomic mass is 16.6. The fourth-order valence-corrected chi connectivity index (χ4v) is 6.13. The van der Waals surface area contributed by atoms with Crippen molar-refractivity contribution in [1.29, 1.82) is 0 Å². The van der Waals surface area contributed by atoms with Gasteiger partial charge in [-0.25, -0.2) is 9.97 Å². The number of fused-ring (bicyclic) bond motifs is 1. The van der Waals surface area contributed by atoms with Gasteiger partial charge in [-0.3, -0.25) is 15.0 Å². The highest BCUT2D eigenvalue weighted by Crippen LogP contribution is 2.42.